The Labute approximate surface area is 167 Å². The third-order valence-electron chi connectivity index (χ3n) is 3.74. The molecule has 2 N–H and O–H groups in total. The molecule has 1 aromatic heterocycles. The molecule has 0 saturated heterocycles. The lowest BCUT2D eigenvalue weighted by atomic mass is 9.85. The number of nitrogens with one attached hydrogen (secondary N) is 2. The van der Waals surface area contributed by atoms with Crippen molar-refractivity contribution in [3.05, 3.63) is 11.1 Å². The van der Waals surface area contributed by atoms with Crippen molar-refractivity contribution in [2.45, 2.75) is 92.2 Å². The van der Waals surface area contributed by atoms with Crippen molar-refractivity contribution in [3.63, 3.8) is 0 Å². The van der Waals surface area contributed by atoms with Crippen LogP contribution >= 0.6 is 11.3 Å². The Morgan fingerprint density at radius 1 is 1.22 bits per heavy atom. The van der Waals surface area contributed by atoms with Gasteiger partial charge in [-0.2, -0.15) is 0 Å². The Balaban J connectivity index is 2.72. The van der Waals surface area contributed by atoms with Crippen molar-refractivity contribution in [1.82, 2.24) is 10.3 Å². The lowest BCUT2D eigenvalue weighted by Crippen LogP contribution is -2.45. The van der Waals surface area contributed by atoms with E-state index in [9.17, 15) is 9.59 Å². The predicted molar refractivity (Wildman–Crippen MR) is 111 cm³/mol. The van der Waals surface area contributed by atoms with Crippen LogP contribution in [-0.4, -0.2) is 28.6 Å². The summed E-state index contributed by atoms with van der Waals surface area (Å²) in [7, 11) is 0. The lowest BCUT2D eigenvalue weighted by Gasteiger charge is -2.23. The number of alkyl carbamates (subject to hydrolysis) is 1. The number of amides is 2. The van der Waals surface area contributed by atoms with E-state index in [1.165, 1.54) is 11.3 Å². The second-order valence-electron chi connectivity index (χ2n) is 9.21. The van der Waals surface area contributed by atoms with Crippen LogP contribution in [0.2, 0.25) is 0 Å². The first-order chi connectivity index (χ1) is 12.3. The number of thiazole rings is 1. The zero-order valence-corrected chi connectivity index (χ0v) is 18.8. The van der Waals surface area contributed by atoms with Gasteiger partial charge in [0.1, 0.15) is 11.6 Å². The molecule has 0 aliphatic carbocycles. The monoisotopic (exact) mass is 397 g/mol. The highest BCUT2D eigenvalue weighted by Crippen LogP contribution is 2.34. The summed E-state index contributed by atoms with van der Waals surface area (Å²) in [6.45, 7) is 16.1. The minimum atomic E-state index is -0.649. The van der Waals surface area contributed by atoms with Crippen molar-refractivity contribution in [2.24, 2.45) is 5.41 Å². The fraction of sp³-hybridized carbons (Fsp3) is 0.750. The zero-order chi connectivity index (χ0) is 20.8. The number of aromatic nitrogens is 1. The van der Waals surface area contributed by atoms with Crippen molar-refractivity contribution in [1.29, 1.82) is 0 Å². The smallest absolute Gasteiger partial charge is 0.408 e. The van der Waals surface area contributed by atoms with Crippen LogP contribution in [0.15, 0.2) is 6.20 Å². The average Bonchev–Trinajstić information content (AvgIpc) is 2.91. The second kappa shape index (κ2) is 9.53. The maximum atomic E-state index is 12.6. The molecule has 1 rings (SSSR count). The normalized spacial score (nSPS) is 14.4. The average molecular weight is 398 g/mol. The van der Waals surface area contributed by atoms with Gasteiger partial charge >= 0.3 is 6.09 Å². The largest absolute Gasteiger partial charge is 0.444 e. The number of carbonyl (C=O) groups is 2. The third kappa shape index (κ3) is 9.22. The van der Waals surface area contributed by atoms with Crippen LogP contribution in [-0.2, 0) is 9.53 Å². The summed E-state index contributed by atoms with van der Waals surface area (Å²) in [6.07, 6.45) is 3.58. The summed E-state index contributed by atoms with van der Waals surface area (Å²) in [6, 6.07) is -0.649. The Morgan fingerprint density at radius 2 is 1.85 bits per heavy atom. The van der Waals surface area contributed by atoms with Crippen LogP contribution < -0.4 is 10.6 Å². The minimum absolute atomic E-state index is 0.233. The molecule has 0 radical (unpaired) electrons. The molecular weight excluding hydrogens is 362 g/mol. The summed E-state index contributed by atoms with van der Waals surface area (Å²) in [4.78, 5) is 30.1. The Morgan fingerprint density at radius 3 is 2.37 bits per heavy atom. The number of hydrogen-bond acceptors (Lipinski definition) is 5. The number of anilines is 1. The molecule has 2 unspecified atom stereocenters. The maximum Gasteiger partial charge on any atom is 0.408 e. The first-order valence-corrected chi connectivity index (χ1v) is 10.4. The lowest BCUT2D eigenvalue weighted by molar-refractivity contribution is -0.118. The number of carbonyl (C=O) groups excluding carboxylic acids is 2. The first-order valence-electron chi connectivity index (χ1n) is 9.57. The zero-order valence-electron chi connectivity index (χ0n) is 17.9. The quantitative estimate of drug-likeness (QED) is 0.653. The fourth-order valence-electron chi connectivity index (χ4n) is 2.79. The van der Waals surface area contributed by atoms with E-state index in [2.05, 4.69) is 43.3 Å². The molecule has 2 atom stereocenters. The van der Waals surface area contributed by atoms with Gasteiger partial charge in [0.15, 0.2) is 5.13 Å². The molecule has 1 aromatic rings. The van der Waals surface area contributed by atoms with Crippen LogP contribution in [0.1, 0.15) is 85.4 Å². The molecule has 0 bridgehead atoms. The van der Waals surface area contributed by atoms with Crippen molar-refractivity contribution in [3.8, 4) is 0 Å². The van der Waals surface area contributed by atoms with Gasteiger partial charge in [-0.3, -0.25) is 4.79 Å². The summed E-state index contributed by atoms with van der Waals surface area (Å²) in [5.41, 5.74) is -0.374. The van der Waals surface area contributed by atoms with Crippen molar-refractivity contribution >= 4 is 28.5 Å². The number of hydrogen-bond donors (Lipinski definition) is 2. The predicted octanol–water partition coefficient (Wildman–Crippen LogP) is 5.31. The highest BCUT2D eigenvalue weighted by Gasteiger charge is 2.25. The van der Waals surface area contributed by atoms with Gasteiger partial charge in [0, 0.05) is 11.1 Å². The van der Waals surface area contributed by atoms with Gasteiger partial charge in [0.25, 0.3) is 0 Å². The topological polar surface area (TPSA) is 80.3 Å². The molecule has 0 aromatic carbocycles. The van der Waals surface area contributed by atoms with E-state index >= 15 is 0 Å². The van der Waals surface area contributed by atoms with Gasteiger partial charge in [-0.15, -0.1) is 11.3 Å². The highest BCUT2D eigenvalue weighted by molar-refractivity contribution is 7.15. The molecular formula is C20H35N3O3S. The molecule has 0 spiro atoms. The van der Waals surface area contributed by atoms with Gasteiger partial charge in [-0.05, 0) is 44.9 Å². The highest BCUT2D eigenvalue weighted by atomic mass is 32.1. The molecule has 7 heteroatoms. The van der Waals surface area contributed by atoms with Gasteiger partial charge in [0.2, 0.25) is 5.91 Å². The van der Waals surface area contributed by atoms with E-state index in [1.807, 2.05) is 13.1 Å². The SMILES string of the molecule is CCCC(NC(=O)OC(C)(C)C)C(=O)Nc1ncc(C(C)CC(C)(C)C)s1. The summed E-state index contributed by atoms with van der Waals surface area (Å²) < 4.78 is 5.25. The molecule has 0 aliphatic rings. The Bertz CT molecular complexity index is 629. The molecule has 6 nitrogen and oxygen atoms in total. The third-order valence-corrected chi connectivity index (χ3v) is 4.89. The van der Waals surface area contributed by atoms with Crippen molar-refractivity contribution in [2.75, 3.05) is 5.32 Å². The van der Waals surface area contributed by atoms with E-state index in [0.717, 1.165) is 17.7 Å². The summed E-state index contributed by atoms with van der Waals surface area (Å²) >= 11 is 1.49. The number of ether oxygens (including phenoxy) is 1. The van der Waals surface area contributed by atoms with Gasteiger partial charge in [-0.25, -0.2) is 9.78 Å². The molecule has 1 heterocycles. The molecule has 27 heavy (non-hydrogen) atoms. The van der Waals surface area contributed by atoms with Crippen LogP contribution in [0.5, 0.6) is 0 Å². The number of rotatable bonds is 7. The first kappa shape index (κ1) is 23.4. The van der Waals surface area contributed by atoms with E-state index < -0.39 is 17.7 Å². The van der Waals surface area contributed by atoms with Crippen molar-refractivity contribution < 1.29 is 14.3 Å². The molecule has 0 fully saturated rings. The van der Waals surface area contributed by atoms with Crippen LogP contribution in [0.25, 0.3) is 0 Å². The van der Waals surface area contributed by atoms with E-state index in [1.54, 1.807) is 20.8 Å². The Kier molecular flexibility index (Phi) is 8.26. The number of nitrogens with zero attached hydrogens (tertiary/aromatic N) is 1. The molecule has 0 saturated carbocycles. The van der Waals surface area contributed by atoms with Crippen LogP contribution in [0.4, 0.5) is 9.93 Å². The van der Waals surface area contributed by atoms with Gasteiger partial charge in [0.05, 0.1) is 0 Å². The van der Waals surface area contributed by atoms with E-state index in [0.29, 0.717) is 17.5 Å². The molecule has 2 amide bonds. The summed E-state index contributed by atoms with van der Waals surface area (Å²) in [5, 5.41) is 6.05. The maximum absolute atomic E-state index is 12.6. The van der Waals surface area contributed by atoms with Crippen LogP contribution in [0.3, 0.4) is 0 Å². The van der Waals surface area contributed by atoms with Gasteiger partial charge < -0.3 is 15.4 Å². The van der Waals surface area contributed by atoms with E-state index in [4.69, 9.17) is 4.74 Å². The second-order valence-corrected chi connectivity index (χ2v) is 10.3. The van der Waals surface area contributed by atoms with Gasteiger partial charge in [-0.1, -0.05) is 41.0 Å². The molecule has 154 valence electrons. The summed E-state index contributed by atoms with van der Waals surface area (Å²) in [5.74, 6) is 0.103. The van der Waals surface area contributed by atoms with Crippen LogP contribution in [0, 0.1) is 5.41 Å². The molecule has 0 aliphatic heterocycles. The van der Waals surface area contributed by atoms with E-state index in [-0.39, 0.29) is 11.3 Å². The standard InChI is InChI=1S/C20H35N3O3S/c1-9-10-14(22-18(25)26-20(6,7)8)16(24)23-17-21-12-15(27-17)13(2)11-19(3,4)5/h12-14H,9-11H2,1-8H3,(H,22,25)(H,21,23,24). The minimum Gasteiger partial charge on any atom is -0.444 e. The fourth-order valence-corrected chi connectivity index (χ4v) is 3.66. The Hall–Kier alpha value is -1.63.